The van der Waals surface area contributed by atoms with Crippen LogP contribution in [0.15, 0.2) is 0 Å². The summed E-state index contributed by atoms with van der Waals surface area (Å²) in [6, 6.07) is 0. The van der Waals surface area contributed by atoms with Gasteiger partial charge in [-0.1, -0.05) is 0 Å². The second kappa shape index (κ2) is 26.3. The summed E-state index contributed by atoms with van der Waals surface area (Å²) in [6.07, 6.45) is 0. The van der Waals surface area contributed by atoms with Gasteiger partial charge in [0.05, 0.1) is 0 Å². The van der Waals surface area contributed by atoms with Gasteiger partial charge in [-0.05, 0) is 0 Å². The normalized spacial score (nSPS) is 0. The summed E-state index contributed by atoms with van der Waals surface area (Å²) >= 11 is 0. The van der Waals surface area contributed by atoms with E-state index >= 15 is 0 Å². The van der Waals surface area contributed by atoms with E-state index in [9.17, 15) is 0 Å². The number of hydrogen-bond acceptors (Lipinski definition) is 0. The predicted molar refractivity (Wildman–Crippen MR) is 0.686 cm³/mol. The van der Waals surface area contributed by atoms with Crippen molar-refractivity contribution in [3.05, 3.63) is 0 Å². The zero-order chi connectivity index (χ0) is 0. The number of hydrogen-bond donors (Lipinski definition) is 0. The zero-order valence-electron chi connectivity index (χ0n) is 2.93. The maximum Gasteiger partial charge on any atom is 5.00 e. The van der Waals surface area contributed by atoms with Crippen LogP contribution in [0.4, 0.5) is 0 Å². The Labute approximate surface area is 106 Å². The van der Waals surface area contributed by atoms with Gasteiger partial charge < -0.3 is 5.48 Å². The average Bonchev–Trinajstić information content (AvgIpc) is 0. The molecule has 0 bridgehead atoms. The standard InChI is InChI=1S/La.Li.O.Ta.Zr/q+3;+1;-2;+5;+4. The molecule has 0 rings (SSSR count). The fourth-order valence-electron chi connectivity index (χ4n) is 0. The van der Waals surface area contributed by atoms with Crippen LogP contribution in [0.5, 0.6) is 0 Å². The molecule has 0 aromatic carbocycles. The summed E-state index contributed by atoms with van der Waals surface area (Å²) in [5.41, 5.74) is 0. The van der Waals surface area contributed by atoms with Crippen molar-refractivity contribution in [2.45, 2.75) is 0 Å². The monoisotopic (exact) mass is 433 g/mol. The second-order valence-corrected chi connectivity index (χ2v) is 0. The molecule has 0 atom stereocenters. The van der Waals surface area contributed by atoms with Gasteiger partial charge >= 0.3 is 103 Å². The molecule has 0 aliphatic rings. The van der Waals surface area contributed by atoms with E-state index in [2.05, 4.69) is 0 Å². The molecule has 0 saturated carbocycles. The minimum absolute atomic E-state index is 0. The molecule has 0 radical (unpaired) electrons. The average molecular weight is 434 g/mol. The molecule has 5 heteroatoms. The first-order valence-electron chi connectivity index (χ1n) is 0. The van der Waals surface area contributed by atoms with Gasteiger partial charge in [0.1, 0.15) is 0 Å². The molecule has 8 valence electrons. The van der Waals surface area contributed by atoms with E-state index in [-0.39, 0.29) is 109 Å². The molecule has 5 heavy (non-hydrogen) atoms. The van der Waals surface area contributed by atoms with Crippen molar-refractivity contribution in [2.75, 3.05) is 0 Å². The Hall–Kier alpha value is 3.38. The van der Waals surface area contributed by atoms with Crippen LogP contribution in [-0.2, 0) is 54.1 Å². The first-order chi connectivity index (χ1) is 0. The van der Waals surface area contributed by atoms with Crippen molar-refractivity contribution >= 4 is 0 Å². The van der Waals surface area contributed by atoms with Crippen molar-refractivity contribution in [3.63, 3.8) is 0 Å². The molecule has 0 aromatic rings. The molecule has 0 heterocycles. The van der Waals surface area contributed by atoms with Gasteiger partial charge in [-0.25, -0.2) is 0 Å². The quantitative estimate of drug-likeness (QED) is 0.362. The Balaban J connectivity index is 0. The van der Waals surface area contributed by atoms with Crippen molar-refractivity contribution in [1.29, 1.82) is 0 Å². The van der Waals surface area contributed by atoms with Crippen LogP contribution in [0.25, 0.3) is 0 Å². The summed E-state index contributed by atoms with van der Waals surface area (Å²) in [4.78, 5) is 0. The molecule has 0 unspecified atom stereocenters. The molecule has 0 aromatic heterocycles. The third-order valence-electron chi connectivity index (χ3n) is 0. The van der Waals surface area contributed by atoms with E-state index in [1.54, 1.807) is 0 Å². The van der Waals surface area contributed by atoms with Crippen LogP contribution in [0, 0.1) is 35.6 Å². The van der Waals surface area contributed by atoms with Crippen LogP contribution >= 0.6 is 0 Å². The molecule has 0 aliphatic heterocycles. The maximum atomic E-state index is 0. The van der Waals surface area contributed by atoms with E-state index in [0.717, 1.165) is 0 Å². The molecule has 0 spiro atoms. The Morgan fingerprint density at radius 2 is 1.00 bits per heavy atom. The molecule has 0 aliphatic carbocycles. The van der Waals surface area contributed by atoms with Crippen LogP contribution in [0.1, 0.15) is 0 Å². The third-order valence-corrected chi connectivity index (χ3v) is 0. The van der Waals surface area contributed by atoms with Crippen LogP contribution < -0.4 is 18.9 Å². The topological polar surface area (TPSA) is 28.5 Å². The molecule has 1 nitrogen and oxygen atoms in total. The predicted octanol–water partition coefficient (Wildman–Crippen LogP) is -3.12. The summed E-state index contributed by atoms with van der Waals surface area (Å²) in [5, 5.41) is 0. The fraction of sp³-hybridized carbons (Fsp3) is 0. The van der Waals surface area contributed by atoms with Crippen molar-refractivity contribution in [2.24, 2.45) is 0 Å². The van der Waals surface area contributed by atoms with E-state index in [1.807, 2.05) is 0 Å². The first-order valence-corrected chi connectivity index (χ1v) is 0. The van der Waals surface area contributed by atoms with Crippen LogP contribution in [-0.4, -0.2) is 0 Å². The Bertz CT molecular complexity index is 11.6. The van der Waals surface area contributed by atoms with Gasteiger partial charge in [0.15, 0.2) is 0 Å². The van der Waals surface area contributed by atoms with Gasteiger partial charge in [0.2, 0.25) is 0 Å². The first kappa shape index (κ1) is 40.0. The minimum atomic E-state index is 0. The molecule has 0 saturated heterocycles. The van der Waals surface area contributed by atoms with Gasteiger partial charge in [-0.2, -0.15) is 0 Å². The van der Waals surface area contributed by atoms with E-state index in [1.165, 1.54) is 0 Å². The molecule has 0 amide bonds. The van der Waals surface area contributed by atoms with Crippen molar-refractivity contribution in [3.8, 4) is 0 Å². The summed E-state index contributed by atoms with van der Waals surface area (Å²) in [7, 11) is 0. The third kappa shape index (κ3) is 18.7. The van der Waals surface area contributed by atoms with E-state index in [4.69, 9.17) is 0 Å². The van der Waals surface area contributed by atoms with E-state index in [0.29, 0.717) is 0 Å². The van der Waals surface area contributed by atoms with Gasteiger partial charge in [-0.3, -0.25) is 0 Å². The van der Waals surface area contributed by atoms with Crippen molar-refractivity contribution < 1.29 is 109 Å². The Morgan fingerprint density at radius 3 is 1.00 bits per heavy atom. The largest absolute Gasteiger partial charge is 5.00 e. The molecular weight excluding hydrogens is 434 g/mol. The Morgan fingerprint density at radius 1 is 1.00 bits per heavy atom. The number of rotatable bonds is 0. The van der Waals surface area contributed by atoms with Gasteiger partial charge in [0, 0.05) is 0 Å². The van der Waals surface area contributed by atoms with Gasteiger partial charge in [-0.15, -0.1) is 0 Å². The fourth-order valence-corrected chi connectivity index (χ4v) is 0. The van der Waals surface area contributed by atoms with Crippen molar-refractivity contribution in [1.82, 2.24) is 0 Å². The van der Waals surface area contributed by atoms with Crippen LogP contribution in [0.2, 0.25) is 0 Å². The summed E-state index contributed by atoms with van der Waals surface area (Å²) < 4.78 is 0. The smallest absolute Gasteiger partial charge is 2.00 e. The van der Waals surface area contributed by atoms with E-state index < -0.39 is 0 Å². The molecule has 0 fully saturated rings. The summed E-state index contributed by atoms with van der Waals surface area (Å²) in [5.74, 6) is 0. The molecule has 0 N–H and O–H groups in total. The SMILES string of the molecule is [La+3].[Li+].[O-2].[Ta+5].[Zr+4]. The Kier molecular flexibility index (Phi) is 210. The minimum Gasteiger partial charge on any atom is -2.00 e. The van der Waals surface area contributed by atoms with Gasteiger partial charge in [0.25, 0.3) is 0 Å². The van der Waals surface area contributed by atoms with Crippen LogP contribution in [0.3, 0.4) is 0 Å². The zero-order valence-corrected chi connectivity index (χ0v) is 12.2. The summed E-state index contributed by atoms with van der Waals surface area (Å²) in [6.45, 7) is 0. The second-order valence-electron chi connectivity index (χ2n) is 0. The molecular formula is LaLiOTaZr+11. The maximum absolute atomic E-state index is 0.